The summed E-state index contributed by atoms with van der Waals surface area (Å²) in [4.78, 5) is 31.0. The van der Waals surface area contributed by atoms with Gasteiger partial charge in [-0.05, 0) is 24.1 Å². The average Bonchev–Trinajstić information content (AvgIpc) is 3.15. The van der Waals surface area contributed by atoms with Crippen LogP contribution >= 0.6 is 11.3 Å². The van der Waals surface area contributed by atoms with Crippen LogP contribution in [0.2, 0.25) is 0 Å². The lowest BCUT2D eigenvalue weighted by Gasteiger charge is -2.19. The van der Waals surface area contributed by atoms with Crippen molar-refractivity contribution in [3.63, 3.8) is 0 Å². The van der Waals surface area contributed by atoms with Gasteiger partial charge in [0.05, 0.1) is 5.39 Å². The SMILES string of the molecule is CCC(C(N)=O)n1c(-c2ccccc2)nc2scc(-c3ccc(F)cc3)c2c1=O. The van der Waals surface area contributed by atoms with Crippen LogP contribution in [0, 0.1) is 5.82 Å². The molecule has 2 aromatic carbocycles. The Hall–Kier alpha value is -3.32. The topological polar surface area (TPSA) is 78.0 Å². The van der Waals surface area contributed by atoms with Crippen LogP contribution in [0.25, 0.3) is 32.7 Å². The van der Waals surface area contributed by atoms with Crippen molar-refractivity contribution in [1.82, 2.24) is 9.55 Å². The third-order valence-electron chi connectivity index (χ3n) is 4.85. The molecule has 29 heavy (non-hydrogen) atoms. The summed E-state index contributed by atoms with van der Waals surface area (Å²) in [6.07, 6.45) is 0.359. The van der Waals surface area contributed by atoms with Gasteiger partial charge in [0.2, 0.25) is 5.91 Å². The summed E-state index contributed by atoms with van der Waals surface area (Å²) >= 11 is 1.34. The highest BCUT2D eigenvalue weighted by atomic mass is 32.1. The lowest BCUT2D eigenvalue weighted by Crippen LogP contribution is -2.35. The van der Waals surface area contributed by atoms with E-state index in [4.69, 9.17) is 10.7 Å². The van der Waals surface area contributed by atoms with Crippen molar-refractivity contribution < 1.29 is 9.18 Å². The van der Waals surface area contributed by atoms with Crippen LogP contribution in [0.1, 0.15) is 19.4 Å². The molecule has 0 aliphatic heterocycles. The van der Waals surface area contributed by atoms with E-state index in [1.165, 1.54) is 28.0 Å². The minimum atomic E-state index is -0.824. The Morgan fingerprint density at radius 1 is 1.14 bits per heavy atom. The van der Waals surface area contributed by atoms with E-state index in [2.05, 4.69) is 0 Å². The highest BCUT2D eigenvalue weighted by molar-refractivity contribution is 7.17. The van der Waals surface area contributed by atoms with E-state index in [1.807, 2.05) is 35.7 Å². The van der Waals surface area contributed by atoms with Crippen molar-refractivity contribution in [2.24, 2.45) is 5.73 Å². The molecule has 0 bridgehead atoms. The number of carbonyl (C=O) groups is 1. The first-order chi connectivity index (χ1) is 14.0. The highest BCUT2D eigenvalue weighted by Gasteiger charge is 2.25. The molecule has 0 saturated carbocycles. The Bertz CT molecular complexity index is 1250. The molecule has 0 aliphatic carbocycles. The molecule has 7 heteroatoms. The minimum absolute atomic E-state index is 0.333. The number of hydrogen-bond acceptors (Lipinski definition) is 4. The number of rotatable bonds is 5. The lowest BCUT2D eigenvalue weighted by molar-refractivity contribution is -0.121. The van der Waals surface area contributed by atoms with E-state index < -0.39 is 11.9 Å². The second kappa shape index (κ2) is 7.60. The molecule has 2 N–H and O–H groups in total. The third-order valence-corrected chi connectivity index (χ3v) is 5.73. The number of aromatic nitrogens is 2. The van der Waals surface area contributed by atoms with Gasteiger partial charge in [-0.2, -0.15) is 0 Å². The van der Waals surface area contributed by atoms with Crippen LogP contribution in [0.3, 0.4) is 0 Å². The van der Waals surface area contributed by atoms with Crippen LogP contribution in [-0.2, 0) is 4.79 Å². The molecule has 2 heterocycles. The first-order valence-corrected chi connectivity index (χ1v) is 10.0. The number of primary amides is 1. The summed E-state index contributed by atoms with van der Waals surface area (Å²) in [7, 11) is 0. The number of halogens is 1. The fourth-order valence-electron chi connectivity index (χ4n) is 3.44. The molecule has 2 aromatic heterocycles. The molecule has 1 amide bonds. The number of nitrogens with zero attached hydrogens (tertiary/aromatic N) is 2. The number of hydrogen-bond donors (Lipinski definition) is 1. The van der Waals surface area contributed by atoms with Gasteiger partial charge in [-0.25, -0.2) is 9.37 Å². The molecular formula is C22H18FN3O2S. The number of fused-ring (bicyclic) bond motifs is 1. The molecule has 5 nitrogen and oxygen atoms in total. The zero-order chi connectivity index (χ0) is 20.5. The zero-order valence-corrected chi connectivity index (χ0v) is 16.4. The van der Waals surface area contributed by atoms with E-state index in [0.29, 0.717) is 33.6 Å². The van der Waals surface area contributed by atoms with E-state index in [-0.39, 0.29) is 11.4 Å². The molecule has 146 valence electrons. The Balaban J connectivity index is 2.06. The molecule has 4 aromatic rings. The van der Waals surface area contributed by atoms with E-state index in [1.54, 1.807) is 19.1 Å². The standard InChI is InChI=1S/C22H18FN3O2S/c1-2-17(19(24)27)26-20(14-6-4-3-5-7-14)25-21-18(22(26)28)16(12-29-21)13-8-10-15(23)11-9-13/h3-12,17H,2H2,1H3,(H2,24,27). The van der Waals surface area contributed by atoms with E-state index in [9.17, 15) is 14.0 Å². The molecule has 4 rings (SSSR count). The number of nitrogens with two attached hydrogens (primary N) is 1. The Labute approximate surface area is 170 Å². The van der Waals surface area contributed by atoms with Crippen molar-refractivity contribution in [2.75, 3.05) is 0 Å². The maximum atomic E-state index is 13.6. The van der Waals surface area contributed by atoms with Crippen LogP contribution < -0.4 is 11.3 Å². The summed E-state index contributed by atoms with van der Waals surface area (Å²) in [6.45, 7) is 1.80. The van der Waals surface area contributed by atoms with E-state index in [0.717, 1.165) is 5.56 Å². The fourth-order valence-corrected chi connectivity index (χ4v) is 4.37. The van der Waals surface area contributed by atoms with Crippen molar-refractivity contribution in [1.29, 1.82) is 0 Å². The van der Waals surface area contributed by atoms with Crippen LogP contribution in [0.4, 0.5) is 4.39 Å². The molecular weight excluding hydrogens is 389 g/mol. The smallest absolute Gasteiger partial charge is 0.263 e. The lowest BCUT2D eigenvalue weighted by atomic mass is 10.1. The summed E-state index contributed by atoms with van der Waals surface area (Å²) in [6, 6.07) is 14.4. The van der Waals surface area contributed by atoms with Gasteiger partial charge in [0.25, 0.3) is 5.56 Å². The Morgan fingerprint density at radius 2 is 1.83 bits per heavy atom. The van der Waals surface area contributed by atoms with Gasteiger partial charge in [0.1, 0.15) is 22.5 Å². The molecule has 0 saturated heterocycles. The average molecular weight is 407 g/mol. The predicted octanol–water partition coefficient (Wildman–Crippen LogP) is 4.37. The van der Waals surface area contributed by atoms with Crippen molar-refractivity contribution in [3.8, 4) is 22.5 Å². The number of carbonyl (C=O) groups excluding carboxylic acids is 1. The number of thiophene rings is 1. The second-order valence-electron chi connectivity index (χ2n) is 6.64. The number of benzene rings is 2. The zero-order valence-electron chi connectivity index (χ0n) is 15.6. The molecule has 0 radical (unpaired) electrons. The van der Waals surface area contributed by atoms with Crippen molar-refractivity contribution in [3.05, 3.63) is 76.1 Å². The highest BCUT2D eigenvalue weighted by Crippen LogP contribution is 2.33. The summed E-state index contributed by atoms with van der Waals surface area (Å²) < 4.78 is 14.7. The quantitative estimate of drug-likeness (QED) is 0.534. The second-order valence-corrected chi connectivity index (χ2v) is 7.50. The van der Waals surface area contributed by atoms with Crippen molar-refractivity contribution >= 4 is 27.5 Å². The first-order valence-electron chi connectivity index (χ1n) is 9.15. The number of amides is 1. The molecule has 0 aliphatic rings. The monoisotopic (exact) mass is 407 g/mol. The van der Waals surface area contributed by atoms with Gasteiger partial charge in [-0.1, -0.05) is 49.4 Å². The van der Waals surface area contributed by atoms with Crippen LogP contribution in [0.15, 0.2) is 64.8 Å². The maximum Gasteiger partial charge on any atom is 0.263 e. The molecule has 1 unspecified atom stereocenters. The minimum Gasteiger partial charge on any atom is -0.368 e. The molecule has 1 atom stereocenters. The third kappa shape index (κ3) is 3.34. The van der Waals surface area contributed by atoms with Crippen LogP contribution in [0.5, 0.6) is 0 Å². The Kier molecular flexibility index (Phi) is 4.98. The predicted molar refractivity (Wildman–Crippen MR) is 113 cm³/mol. The summed E-state index contributed by atoms with van der Waals surface area (Å²) in [5.74, 6) is -0.539. The molecule has 0 spiro atoms. The van der Waals surface area contributed by atoms with Crippen molar-refractivity contribution in [2.45, 2.75) is 19.4 Å². The van der Waals surface area contributed by atoms with Gasteiger partial charge in [0.15, 0.2) is 0 Å². The summed E-state index contributed by atoms with van der Waals surface area (Å²) in [5, 5.41) is 2.23. The normalized spacial score (nSPS) is 12.2. The largest absolute Gasteiger partial charge is 0.368 e. The van der Waals surface area contributed by atoms with Gasteiger partial charge in [-0.3, -0.25) is 14.2 Å². The first kappa shape index (κ1) is 19.0. The van der Waals surface area contributed by atoms with Gasteiger partial charge >= 0.3 is 0 Å². The van der Waals surface area contributed by atoms with E-state index >= 15 is 0 Å². The fraction of sp³-hybridized carbons (Fsp3) is 0.136. The maximum absolute atomic E-state index is 13.6. The molecule has 0 fully saturated rings. The van der Waals surface area contributed by atoms with Gasteiger partial charge < -0.3 is 5.73 Å². The Morgan fingerprint density at radius 3 is 2.45 bits per heavy atom. The van der Waals surface area contributed by atoms with Gasteiger partial charge in [-0.15, -0.1) is 11.3 Å². The van der Waals surface area contributed by atoms with Gasteiger partial charge in [0, 0.05) is 16.5 Å². The van der Waals surface area contributed by atoms with Crippen LogP contribution in [-0.4, -0.2) is 15.5 Å². The summed E-state index contributed by atoms with van der Waals surface area (Å²) in [5.41, 5.74) is 7.38.